The lowest BCUT2D eigenvalue weighted by Gasteiger charge is -2.03. The fraction of sp³-hybridized carbons (Fsp3) is 0.133. The van der Waals surface area contributed by atoms with Crippen molar-refractivity contribution in [1.82, 2.24) is 10.1 Å². The Labute approximate surface area is 125 Å². The van der Waals surface area contributed by atoms with Gasteiger partial charge in [0.25, 0.3) is 0 Å². The van der Waals surface area contributed by atoms with Gasteiger partial charge in [0.05, 0.1) is 0 Å². The first-order chi connectivity index (χ1) is 10.1. The molecule has 3 rings (SSSR count). The van der Waals surface area contributed by atoms with E-state index < -0.39 is 0 Å². The lowest BCUT2D eigenvalue weighted by atomic mass is 10.2. The van der Waals surface area contributed by atoms with Gasteiger partial charge < -0.3 is 9.26 Å². The highest BCUT2D eigenvalue weighted by atomic mass is 32.1. The standard InChI is InChI=1S/C15H12N2O3S/c1-9-3-8-13(21-9)15(18)19-12-6-4-11(5-7-12)14-16-10(2)20-17-14/h3-8H,1-2H3. The van der Waals surface area contributed by atoms with E-state index in [0.29, 0.717) is 22.3 Å². The van der Waals surface area contributed by atoms with E-state index >= 15 is 0 Å². The second kappa shape index (κ2) is 5.49. The van der Waals surface area contributed by atoms with E-state index in [0.717, 1.165) is 10.4 Å². The number of aryl methyl sites for hydroxylation is 2. The summed E-state index contributed by atoms with van der Waals surface area (Å²) < 4.78 is 10.2. The number of nitrogens with zero attached hydrogens (tertiary/aromatic N) is 2. The molecule has 0 fully saturated rings. The molecule has 0 radical (unpaired) electrons. The summed E-state index contributed by atoms with van der Waals surface area (Å²) >= 11 is 1.41. The maximum absolute atomic E-state index is 11.9. The van der Waals surface area contributed by atoms with Crippen molar-refractivity contribution in [3.8, 4) is 17.1 Å². The van der Waals surface area contributed by atoms with Gasteiger partial charge in [0, 0.05) is 17.4 Å². The van der Waals surface area contributed by atoms with Crippen LogP contribution in [0.4, 0.5) is 0 Å². The summed E-state index contributed by atoms with van der Waals surface area (Å²) in [4.78, 5) is 17.7. The zero-order valence-corrected chi connectivity index (χ0v) is 12.3. The fourth-order valence-electron chi connectivity index (χ4n) is 1.79. The Morgan fingerprint density at radius 1 is 1.14 bits per heavy atom. The number of carbonyl (C=O) groups is 1. The van der Waals surface area contributed by atoms with Gasteiger partial charge in [-0.2, -0.15) is 4.98 Å². The van der Waals surface area contributed by atoms with Crippen molar-refractivity contribution in [2.75, 3.05) is 0 Å². The van der Waals surface area contributed by atoms with E-state index in [2.05, 4.69) is 10.1 Å². The van der Waals surface area contributed by atoms with Crippen LogP contribution in [0, 0.1) is 13.8 Å². The zero-order valence-electron chi connectivity index (χ0n) is 11.5. The predicted molar refractivity (Wildman–Crippen MR) is 78.5 cm³/mol. The Bertz CT molecular complexity index is 774. The van der Waals surface area contributed by atoms with Crippen LogP contribution in [0.15, 0.2) is 40.9 Å². The minimum Gasteiger partial charge on any atom is -0.422 e. The van der Waals surface area contributed by atoms with Gasteiger partial charge in [-0.1, -0.05) is 5.16 Å². The summed E-state index contributed by atoms with van der Waals surface area (Å²) in [6.07, 6.45) is 0. The molecule has 0 amide bonds. The van der Waals surface area contributed by atoms with Gasteiger partial charge in [0.15, 0.2) is 0 Å². The highest BCUT2D eigenvalue weighted by Crippen LogP contribution is 2.22. The molecule has 5 nitrogen and oxygen atoms in total. The molecule has 0 aliphatic rings. The average molecular weight is 300 g/mol. The minimum absolute atomic E-state index is 0.351. The topological polar surface area (TPSA) is 65.2 Å². The van der Waals surface area contributed by atoms with E-state index in [-0.39, 0.29) is 5.97 Å². The van der Waals surface area contributed by atoms with Crippen LogP contribution in [-0.2, 0) is 0 Å². The van der Waals surface area contributed by atoms with Crippen LogP contribution in [0.3, 0.4) is 0 Å². The van der Waals surface area contributed by atoms with Crippen molar-refractivity contribution >= 4 is 17.3 Å². The Kier molecular flexibility index (Phi) is 3.53. The smallest absolute Gasteiger partial charge is 0.353 e. The highest BCUT2D eigenvalue weighted by Gasteiger charge is 2.11. The minimum atomic E-state index is -0.351. The average Bonchev–Trinajstić information content (AvgIpc) is 3.08. The van der Waals surface area contributed by atoms with Gasteiger partial charge in [0.2, 0.25) is 11.7 Å². The van der Waals surface area contributed by atoms with Crippen LogP contribution >= 0.6 is 11.3 Å². The fourth-order valence-corrected chi connectivity index (χ4v) is 2.53. The number of ether oxygens (including phenoxy) is 1. The van der Waals surface area contributed by atoms with E-state index in [1.165, 1.54) is 11.3 Å². The van der Waals surface area contributed by atoms with Crippen molar-refractivity contribution in [2.45, 2.75) is 13.8 Å². The monoisotopic (exact) mass is 300 g/mol. The van der Waals surface area contributed by atoms with Crippen LogP contribution < -0.4 is 4.74 Å². The summed E-state index contributed by atoms with van der Waals surface area (Å²) in [5.41, 5.74) is 0.804. The molecule has 1 aromatic carbocycles. The van der Waals surface area contributed by atoms with Gasteiger partial charge in [-0.3, -0.25) is 0 Å². The van der Waals surface area contributed by atoms with Crippen molar-refractivity contribution in [1.29, 1.82) is 0 Å². The molecule has 0 saturated carbocycles. The maximum atomic E-state index is 11.9. The van der Waals surface area contributed by atoms with Gasteiger partial charge in [-0.25, -0.2) is 4.79 Å². The van der Waals surface area contributed by atoms with Gasteiger partial charge >= 0.3 is 5.97 Å². The molecule has 2 heterocycles. The molecular weight excluding hydrogens is 288 g/mol. The maximum Gasteiger partial charge on any atom is 0.353 e. The lowest BCUT2D eigenvalue weighted by Crippen LogP contribution is -2.06. The molecule has 106 valence electrons. The Hall–Kier alpha value is -2.47. The zero-order chi connectivity index (χ0) is 14.8. The molecule has 0 saturated heterocycles. The Morgan fingerprint density at radius 3 is 2.48 bits per heavy atom. The third kappa shape index (κ3) is 3.00. The van der Waals surface area contributed by atoms with Crippen molar-refractivity contribution in [2.24, 2.45) is 0 Å². The van der Waals surface area contributed by atoms with Gasteiger partial charge in [-0.15, -0.1) is 11.3 Å². The summed E-state index contributed by atoms with van der Waals surface area (Å²) in [5, 5.41) is 3.83. The van der Waals surface area contributed by atoms with E-state index in [9.17, 15) is 4.79 Å². The summed E-state index contributed by atoms with van der Waals surface area (Å²) in [6.45, 7) is 3.68. The number of hydrogen-bond acceptors (Lipinski definition) is 6. The van der Waals surface area contributed by atoms with E-state index in [1.807, 2.05) is 13.0 Å². The number of esters is 1. The first-order valence-electron chi connectivity index (χ1n) is 6.31. The van der Waals surface area contributed by atoms with Crippen LogP contribution in [0.5, 0.6) is 5.75 Å². The Morgan fingerprint density at radius 2 is 1.90 bits per heavy atom. The van der Waals surface area contributed by atoms with Crippen molar-refractivity contribution in [3.63, 3.8) is 0 Å². The molecule has 3 aromatic rings. The number of aromatic nitrogens is 2. The molecule has 6 heteroatoms. The number of thiophene rings is 1. The second-order valence-electron chi connectivity index (χ2n) is 4.46. The van der Waals surface area contributed by atoms with Gasteiger partial charge in [-0.05, 0) is 43.3 Å². The summed E-state index contributed by atoms with van der Waals surface area (Å²) in [5.74, 6) is 1.15. The second-order valence-corrected chi connectivity index (χ2v) is 5.75. The third-order valence-electron chi connectivity index (χ3n) is 2.79. The Balaban J connectivity index is 1.74. The largest absolute Gasteiger partial charge is 0.422 e. The van der Waals surface area contributed by atoms with Crippen LogP contribution in [0.25, 0.3) is 11.4 Å². The van der Waals surface area contributed by atoms with Crippen LogP contribution in [0.1, 0.15) is 20.4 Å². The molecule has 2 aromatic heterocycles. The molecule has 0 aliphatic carbocycles. The van der Waals surface area contributed by atoms with Crippen molar-refractivity contribution < 1.29 is 14.1 Å². The molecule has 0 bridgehead atoms. The molecular formula is C15H12N2O3S. The van der Waals surface area contributed by atoms with Gasteiger partial charge in [0.1, 0.15) is 10.6 Å². The number of hydrogen-bond donors (Lipinski definition) is 0. The van der Waals surface area contributed by atoms with E-state index in [1.54, 1.807) is 37.3 Å². The first-order valence-corrected chi connectivity index (χ1v) is 7.13. The van der Waals surface area contributed by atoms with Crippen LogP contribution in [-0.4, -0.2) is 16.1 Å². The molecule has 0 N–H and O–H groups in total. The van der Waals surface area contributed by atoms with Crippen LogP contribution in [0.2, 0.25) is 0 Å². The highest BCUT2D eigenvalue weighted by molar-refractivity contribution is 7.13. The normalized spacial score (nSPS) is 10.6. The van der Waals surface area contributed by atoms with E-state index in [4.69, 9.17) is 9.26 Å². The number of rotatable bonds is 3. The molecule has 0 unspecified atom stereocenters. The molecule has 0 atom stereocenters. The number of benzene rings is 1. The molecule has 0 aliphatic heterocycles. The molecule has 0 spiro atoms. The summed E-state index contributed by atoms with van der Waals surface area (Å²) in [6, 6.07) is 10.6. The quantitative estimate of drug-likeness (QED) is 0.546. The lowest BCUT2D eigenvalue weighted by molar-refractivity contribution is 0.0740. The first kappa shape index (κ1) is 13.5. The summed E-state index contributed by atoms with van der Waals surface area (Å²) in [7, 11) is 0. The number of carbonyl (C=O) groups excluding carboxylic acids is 1. The van der Waals surface area contributed by atoms with Crippen molar-refractivity contribution in [3.05, 3.63) is 52.0 Å². The third-order valence-corrected chi connectivity index (χ3v) is 3.77. The predicted octanol–water partition coefficient (Wildman–Crippen LogP) is 3.63. The molecule has 21 heavy (non-hydrogen) atoms. The SMILES string of the molecule is Cc1nc(-c2ccc(OC(=O)c3ccc(C)s3)cc2)no1.